The maximum Gasteiger partial charge on any atom is 0.0217 e. The first-order valence-electron chi connectivity index (χ1n) is 6.56. The van der Waals surface area contributed by atoms with Crippen molar-refractivity contribution in [1.82, 2.24) is 9.80 Å². The van der Waals surface area contributed by atoms with E-state index in [1.165, 1.54) is 19.6 Å². The molecule has 0 aromatic rings. The van der Waals surface area contributed by atoms with Gasteiger partial charge in [-0.15, -0.1) is 0 Å². The Balaban J connectivity index is 2.41. The Morgan fingerprint density at radius 2 is 1.94 bits per heavy atom. The normalized spacial score (nSPS) is 27.0. The van der Waals surface area contributed by atoms with Crippen molar-refractivity contribution < 1.29 is 0 Å². The minimum atomic E-state index is 0.213. The van der Waals surface area contributed by atoms with E-state index in [1.807, 2.05) is 0 Å². The van der Waals surface area contributed by atoms with Gasteiger partial charge in [0.05, 0.1) is 0 Å². The van der Waals surface area contributed by atoms with E-state index in [-0.39, 0.29) is 11.5 Å². The molecule has 2 unspecified atom stereocenters. The van der Waals surface area contributed by atoms with E-state index in [0.717, 1.165) is 13.1 Å². The third-order valence-electron chi connectivity index (χ3n) is 3.82. The van der Waals surface area contributed by atoms with Crippen LogP contribution in [-0.2, 0) is 0 Å². The summed E-state index contributed by atoms with van der Waals surface area (Å²) in [7, 11) is 0. The molecule has 1 fully saturated rings. The van der Waals surface area contributed by atoms with E-state index >= 15 is 0 Å². The Bertz CT molecular complexity index is 210. The Morgan fingerprint density at radius 1 is 1.31 bits per heavy atom. The van der Waals surface area contributed by atoms with Crippen LogP contribution in [-0.4, -0.2) is 54.6 Å². The maximum atomic E-state index is 6.24. The zero-order valence-corrected chi connectivity index (χ0v) is 11.7. The van der Waals surface area contributed by atoms with Crippen LogP contribution in [0.25, 0.3) is 0 Å². The highest BCUT2D eigenvalue weighted by molar-refractivity contribution is 4.84. The molecule has 1 rings (SSSR count). The lowest BCUT2D eigenvalue weighted by Crippen LogP contribution is -2.55. The first-order valence-corrected chi connectivity index (χ1v) is 6.56. The molecule has 0 aromatic carbocycles. The van der Waals surface area contributed by atoms with Gasteiger partial charge in [-0.25, -0.2) is 0 Å². The van der Waals surface area contributed by atoms with E-state index in [9.17, 15) is 0 Å². The van der Waals surface area contributed by atoms with Crippen LogP contribution in [0.15, 0.2) is 0 Å². The smallest absolute Gasteiger partial charge is 0.0217 e. The molecule has 1 saturated heterocycles. The highest BCUT2D eigenvalue weighted by Gasteiger charge is 2.27. The Labute approximate surface area is 101 Å². The number of nitrogens with two attached hydrogens (primary N) is 1. The van der Waals surface area contributed by atoms with Crippen LogP contribution in [0.5, 0.6) is 0 Å². The molecule has 3 nitrogen and oxygen atoms in total. The predicted octanol–water partition coefficient (Wildman–Crippen LogP) is 1.39. The fraction of sp³-hybridized carbons (Fsp3) is 1.00. The van der Waals surface area contributed by atoms with Gasteiger partial charge in [0.15, 0.2) is 0 Å². The van der Waals surface area contributed by atoms with Crippen LogP contribution in [0.4, 0.5) is 0 Å². The molecule has 16 heavy (non-hydrogen) atoms. The number of rotatable bonds is 3. The summed E-state index contributed by atoms with van der Waals surface area (Å²) in [5.41, 5.74) is 6.45. The molecule has 96 valence electrons. The summed E-state index contributed by atoms with van der Waals surface area (Å²) in [6.07, 6.45) is 0. The molecule has 2 atom stereocenters. The van der Waals surface area contributed by atoms with Gasteiger partial charge in [-0.1, -0.05) is 27.7 Å². The average molecular weight is 227 g/mol. The summed E-state index contributed by atoms with van der Waals surface area (Å²) in [6.45, 7) is 17.0. The van der Waals surface area contributed by atoms with Crippen LogP contribution in [0.2, 0.25) is 0 Å². The number of nitrogens with zero attached hydrogens (tertiary/aromatic N) is 2. The van der Waals surface area contributed by atoms with Gasteiger partial charge in [-0.3, -0.25) is 9.80 Å². The van der Waals surface area contributed by atoms with Crippen LogP contribution < -0.4 is 5.73 Å². The molecule has 0 aliphatic carbocycles. The molecule has 1 aliphatic heterocycles. The number of piperazine rings is 1. The van der Waals surface area contributed by atoms with E-state index < -0.39 is 0 Å². The quantitative estimate of drug-likeness (QED) is 0.791. The third kappa shape index (κ3) is 3.72. The first kappa shape index (κ1) is 13.9. The molecule has 0 saturated carbocycles. The SMILES string of the molecule is CCN1CCN(CC(N)C(C)(C)C)CC1C. The van der Waals surface area contributed by atoms with Crippen molar-refractivity contribution in [2.24, 2.45) is 11.1 Å². The molecule has 3 heteroatoms. The lowest BCUT2D eigenvalue weighted by molar-refractivity contribution is 0.0742. The second-order valence-electron chi connectivity index (χ2n) is 6.21. The molecule has 0 radical (unpaired) electrons. The highest BCUT2D eigenvalue weighted by Crippen LogP contribution is 2.19. The van der Waals surface area contributed by atoms with E-state index in [4.69, 9.17) is 5.73 Å². The van der Waals surface area contributed by atoms with Crippen LogP contribution in [0.3, 0.4) is 0 Å². The summed E-state index contributed by atoms with van der Waals surface area (Å²) in [6, 6.07) is 0.943. The fourth-order valence-corrected chi connectivity index (χ4v) is 2.26. The minimum Gasteiger partial charge on any atom is -0.326 e. The summed E-state index contributed by atoms with van der Waals surface area (Å²) in [5, 5.41) is 0. The van der Waals surface area contributed by atoms with E-state index in [0.29, 0.717) is 6.04 Å². The summed E-state index contributed by atoms with van der Waals surface area (Å²) < 4.78 is 0. The number of hydrogen-bond acceptors (Lipinski definition) is 3. The van der Waals surface area contributed by atoms with Crippen molar-refractivity contribution in [1.29, 1.82) is 0 Å². The molecule has 0 spiro atoms. The second kappa shape index (κ2) is 5.48. The van der Waals surface area contributed by atoms with E-state index in [1.54, 1.807) is 0 Å². The lowest BCUT2D eigenvalue weighted by Gasteiger charge is -2.41. The first-order chi connectivity index (χ1) is 7.34. The maximum absolute atomic E-state index is 6.24. The van der Waals surface area contributed by atoms with Crippen molar-refractivity contribution in [3.63, 3.8) is 0 Å². The average Bonchev–Trinajstić information content (AvgIpc) is 2.16. The van der Waals surface area contributed by atoms with Crippen LogP contribution in [0, 0.1) is 5.41 Å². The van der Waals surface area contributed by atoms with Crippen molar-refractivity contribution in [3.8, 4) is 0 Å². The molecule has 1 aliphatic rings. The van der Waals surface area contributed by atoms with Crippen molar-refractivity contribution in [2.75, 3.05) is 32.7 Å². The fourth-order valence-electron chi connectivity index (χ4n) is 2.26. The van der Waals surface area contributed by atoms with Gasteiger partial charge in [0.25, 0.3) is 0 Å². The van der Waals surface area contributed by atoms with E-state index in [2.05, 4.69) is 44.4 Å². The molecular weight excluding hydrogens is 198 g/mol. The minimum absolute atomic E-state index is 0.213. The predicted molar refractivity (Wildman–Crippen MR) is 70.6 cm³/mol. The number of hydrogen-bond donors (Lipinski definition) is 1. The summed E-state index contributed by atoms with van der Waals surface area (Å²) in [5.74, 6) is 0. The largest absolute Gasteiger partial charge is 0.326 e. The molecule has 1 heterocycles. The topological polar surface area (TPSA) is 32.5 Å². The number of likely N-dealkylation sites (N-methyl/N-ethyl adjacent to an activating group) is 1. The monoisotopic (exact) mass is 227 g/mol. The third-order valence-corrected chi connectivity index (χ3v) is 3.82. The zero-order valence-electron chi connectivity index (χ0n) is 11.7. The van der Waals surface area contributed by atoms with Gasteiger partial charge in [0, 0.05) is 38.3 Å². The Hall–Kier alpha value is -0.120. The zero-order chi connectivity index (χ0) is 12.3. The van der Waals surface area contributed by atoms with Crippen LogP contribution >= 0.6 is 0 Å². The standard InChI is InChI=1S/C13H29N3/c1-6-16-8-7-15(9-11(16)2)10-12(14)13(3,4)5/h11-12H,6-10,14H2,1-5H3. The second-order valence-corrected chi connectivity index (χ2v) is 6.21. The van der Waals surface area contributed by atoms with Gasteiger partial charge in [-0.2, -0.15) is 0 Å². The van der Waals surface area contributed by atoms with Gasteiger partial charge < -0.3 is 5.73 Å². The van der Waals surface area contributed by atoms with Crippen LogP contribution in [0.1, 0.15) is 34.6 Å². The molecule has 0 aromatic heterocycles. The summed E-state index contributed by atoms with van der Waals surface area (Å²) >= 11 is 0. The highest BCUT2D eigenvalue weighted by atomic mass is 15.3. The molecule has 0 amide bonds. The van der Waals surface area contributed by atoms with Gasteiger partial charge in [-0.05, 0) is 18.9 Å². The Kier molecular flexibility index (Phi) is 4.77. The molecular formula is C13H29N3. The van der Waals surface area contributed by atoms with Crippen molar-refractivity contribution in [3.05, 3.63) is 0 Å². The van der Waals surface area contributed by atoms with Gasteiger partial charge >= 0.3 is 0 Å². The van der Waals surface area contributed by atoms with Crippen molar-refractivity contribution in [2.45, 2.75) is 46.7 Å². The lowest BCUT2D eigenvalue weighted by atomic mass is 9.87. The van der Waals surface area contributed by atoms with Gasteiger partial charge in [0.2, 0.25) is 0 Å². The van der Waals surface area contributed by atoms with Gasteiger partial charge in [0.1, 0.15) is 0 Å². The Morgan fingerprint density at radius 3 is 2.38 bits per heavy atom. The van der Waals surface area contributed by atoms with Crippen molar-refractivity contribution >= 4 is 0 Å². The molecule has 2 N–H and O–H groups in total. The molecule has 0 bridgehead atoms. The summed E-state index contributed by atoms with van der Waals surface area (Å²) in [4.78, 5) is 5.06.